The second-order valence-electron chi connectivity index (χ2n) is 5.14. The zero-order valence-corrected chi connectivity index (χ0v) is 16.3. The van der Waals surface area contributed by atoms with Crippen LogP contribution in [-0.4, -0.2) is 9.97 Å². The molecule has 0 aliphatic heterocycles. The first kappa shape index (κ1) is 20.4. The minimum absolute atomic E-state index is 0.973. The molecule has 2 heteroatoms. The van der Waals surface area contributed by atoms with Crippen LogP contribution in [0.15, 0.2) is 66.7 Å². The molecule has 0 aliphatic carbocycles. The van der Waals surface area contributed by atoms with Gasteiger partial charge in [0.1, 0.15) is 5.82 Å². The van der Waals surface area contributed by atoms with Crippen LogP contribution in [0.5, 0.6) is 0 Å². The van der Waals surface area contributed by atoms with Gasteiger partial charge in [-0.15, -0.1) is 0 Å². The summed E-state index contributed by atoms with van der Waals surface area (Å²) in [5, 5.41) is 2.68. The fourth-order valence-corrected chi connectivity index (χ4v) is 2.47. The summed E-state index contributed by atoms with van der Waals surface area (Å²) in [5.41, 5.74) is 3.50. The maximum Gasteiger partial charge on any atom is 0.104 e. The molecule has 1 heterocycles. The molecule has 0 amide bonds. The molecule has 1 N–H and O–H groups in total. The van der Waals surface area contributed by atoms with E-state index in [2.05, 4.69) is 59.4 Å². The van der Waals surface area contributed by atoms with Gasteiger partial charge in [0.15, 0.2) is 0 Å². The number of aromatic nitrogens is 2. The Bertz CT molecular complexity index is 837. The predicted octanol–water partition coefficient (Wildman–Crippen LogP) is 7.07. The fraction of sp³-hybridized carbons (Fsp3) is 0.261. The van der Waals surface area contributed by atoms with Crippen LogP contribution in [0, 0.1) is 13.8 Å². The van der Waals surface area contributed by atoms with Crippen molar-refractivity contribution in [2.45, 2.75) is 41.5 Å². The Balaban J connectivity index is 0.000000210. The van der Waals surface area contributed by atoms with E-state index in [0.29, 0.717) is 0 Å². The van der Waals surface area contributed by atoms with Crippen molar-refractivity contribution in [1.29, 1.82) is 0 Å². The molecule has 3 aromatic carbocycles. The summed E-state index contributed by atoms with van der Waals surface area (Å²) < 4.78 is 0. The Morgan fingerprint density at radius 1 is 0.680 bits per heavy atom. The van der Waals surface area contributed by atoms with Crippen LogP contribution >= 0.6 is 0 Å². The van der Waals surface area contributed by atoms with Gasteiger partial charge in [0.2, 0.25) is 0 Å². The molecule has 0 radical (unpaired) electrons. The van der Waals surface area contributed by atoms with Crippen LogP contribution in [0.4, 0.5) is 0 Å². The molecular weight excluding hydrogens is 304 g/mol. The number of rotatable bonds is 0. The molecule has 0 aliphatic rings. The topological polar surface area (TPSA) is 28.7 Å². The largest absolute Gasteiger partial charge is 0.342 e. The van der Waals surface area contributed by atoms with Crippen LogP contribution in [0.1, 0.15) is 39.1 Å². The maximum atomic E-state index is 4.26. The predicted molar refractivity (Wildman–Crippen MR) is 112 cm³/mol. The van der Waals surface area contributed by atoms with Crippen LogP contribution in [0.25, 0.3) is 21.8 Å². The SMILES string of the molecule is CC.CC.Cc1cccc2ccccc12.Cc1nc2ccccc2[nH]1. The monoisotopic (exact) mass is 334 g/mol. The minimum Gasteiger partial charge on any atom is -0.342 e. The smallest absolute Gasteiger partial charge is 0.104 e. The van der Waals surface area contributed by atoms with E-state index in [9.17, 15) is 0 Å². The lowest BCUT2D eigenvalue weighted by Crippen LogP contribution is -1.75. The van der Waals surface area contributed by atoms with Gasteiger partial charge >= 0.3 is 0 Å². The Morgan fingerprint density at radius 3 is 1.96 bits per heavy atom. The third kappa shape index (κ3) is 5.75. The van der Waals surface area contributed by atoms with Crippen LogP contribution in [0.2, 0.25) is 0 Å². The van der Waals surface area contributed by atoms with Crippen LogP contribution in [-0.2, 0) is 0 Å². The Hall–Kier alpha value is -2.61. The van der Waals surface area contributed by atoms with E-state index < -0.39 is 0 Å². The Labute approximate surface area is 151 Å². The van der Waals surface area contributed by atoms with Crippen LogP contribution < -0.4 is 0 Å². The molecule has 0 saturated heterocycles. The first-order chi connectivity index (χ1) is 12.2. The summed E-state index contributed by atoms with van der Waals surface area (Å²) in [6.45, 7) is 12.1. The lowest BCUT2D eigenvalue weighted by atomic mass is 10.1. The van der Waals surface area contributed by atoms with Crippen molar-refractivity contribution in [2.24, 2.45) is 0 Å². The number of fused-ring (bicyclic) bond motifs is 2. The van der Waals surface area contributed by atoms with Gasteiger partial charge in [-0.3, -0.25) is 0 Å². The van der Waals surface area contributed by atoms with Crippen molar-refractivity contribution < 1.29 is 0 Å². The van der Waals surface area contributed by atoms with Crippen molar-refractivity contribution in [1.82, 2.24) is 9.97 Å². The molecule has 2 nitrogen and oxygen atoms in total. The third-order valence-corrected chi connectivity index (χ3v) is 3.52. The highest BCUT2D eigenvalue weighted by atomic mass is 14.9. The summed E-state index contributed by atoms with van der Waals surface area (Å²) in [5.74, 6) is 0.973. The minimum atomic E-state index is 0.973. The van der Waals surface area contributed by atoms with Crippen molar-refractivity contribution >= 4 is 21.8 Å². The molecule has 0 unspecified atom stereocenters. The fourth-order valence-electron chi connectivity index (χ4n) is 2.47. The van der Waals surface area contributed by atoms with Gasteiger partial charge in [0, 0.05) is 0 Å². The number of nitrogens with one attached hydrogen (secondary N) is 1. The van der Waals surface area contributed by atoms with Crippen molar-refractivity contribution in [3.05, 3.63) is 78.1 Å². The van der Waals surface area contributed by atoms with E-state index in [-0.39, 0.29) is 0 Å². The van der Waals surface area contributed by atoms with Gasteiger partial charge in [0.05, 0.1) is 11.0 Å². The van der Waals surface area contributed by atoms with E-state index >= 15 is 0 Å². The molecule has 0 fully saturated rings. The number of para-hydroxylation sites is 2. The third-order valence-electron chi connectivity index (χ3n) is 3.52. The van der Waals surface area contributed by atoms with E-state index in [1.807, 2.05) is 58.9 Å². The molecule has 4 aromatic rings. The molecule has 25 heavy (non-hydrogen) atoms. The number of H-pyrrole nitrogens is 1. The molecule has 1 aromatic heterocycles. The summed E-state index contributed by atoms with van der Waals surface area (Å²) >= 11 is 0. The molecule has 0 spiro atoms. The first-order valence-corrected chi connectivity index (χ1v) is 9.10. The Morgan fingerprint density at radius 2 is 1.28 bits per heavy atom. The van der Waals surface area contributed by atoms with E-state index in [0.717, 1.165) is 16.9 Å². The number of imidazole rings is 1. The second-order valence-corrected chi connectivity index (χ2v) is 5.14. The number of hydrogen-bond donors (Lipinski definition) is 1. The average Bonchev–Trinajstić information content (AvgIpc) is 3.06. The molecule has 132 valence electrons. The number of aromatic amines is 1. The van der Waals surface area contributed by atoms with Gasteiger partial charge in [-0.05, 0) is 42.3 Å². The highest BCUT2D eigenvalue weighted by Gasteiger charge is 1.94. The molecule has 0 atom stereocenters. The maximum absolute atomic E-state index is 4.26. The first-order valence-electron chi connectivity index (χ1n) is 9.10. The van der Waals surface area contributed by atoms with Crippen molar-refractivity contribution in [3.63, 3.8) is 0 Å². The normalized spacial score (nSPS) is 9.20. The van der Waals surface area contributed by atoms with Gasteiger partial charge in [0.25, 0.3) is 0 Å². The lowest BCUT2D eigenvalue weighted by Gasteiger charge is -1.98. The van der Waals surface area contributed by atoms with Gasteiger partial charge < -0.3 is 4.98 Å². The highest BCUT2D eigenvalue weighted by molar-refractivity contribution is 5.85. The number of nitrogens with zero attached hydrogens (tertiary/aromatic N) is 1. The van der Waals surface area contributed by atoms with Crippen molar-refractivity contribution in [3.8, 4) is 0 Å². The van der Waals surface area contributed by atoms with Crippen LogP contribution in [0.3, 0.4) is 0 Å². The number of hydrogen-bond acceptors (Lipinski definition) is 1. The summed E-state index contributed by atoms with van der Waals surface area (Å²) in [6, 6.07) is 22.8. The van der Waals surface area contributed by atoms with Gasteiger partial charge in [-0.1, -0.05) is 82.3 Å². The standard InChI is InChI=1S/C11H10.C8H8N2.2C2H6/c1-9-5-4-7-10-6-2-3-8-11(9)10;1-6-9-7-4-2-3-5-8(7)10-6;2*1-2/h2-8H,1H3;2-5H,1H3,(H,9,10);2*1-2H3. The quantitative estimate of drug-likeness (QED) is 0.366. The molecular formula is C23H30N2. The van der Waals surface area contributed by atoms with E-state index in [1.54, 1.807) is 0 Å². The zero-order chi connectivity index (χ0) is 18.7. The number of aryl methyl sites for hydroxylation is 2. The Kier molecular flexibility index (Phi) is 9.02. The average molecular weight is 335 g/mol. The van der Waals surface area contributed by atoms with E-state index in [4.69, 9.17) is 0 Å². The van der Waals surface area contributed by atoms with Gasteiger partial charge in [-0.25, -0.2) is 4.98 Å². The van der Waals surface area contributed by atoms with Gasteiger partial charge in [-0.2, -0.15) is 0 Å². The summed E-state index contributed by atoms with van der Waals surface area (Å²) in [7, 11) is 0. The molecule has 0 bridgehead atoms. The lowest BCUT2D eigenvalue weighted by molar-refractivity contribution is 1.17. The summed E-state index contributed by atoms with van der Waals surface area (Å²) in [4.78, 5) is 7.40. The second kappa shape index (κ2) is 11.0. The van der Waals surface area contributed by atoms with Crippen molar-refractivity contribution in [2.75, 3.05) is 0 Å². The number of benzene rings is 3. The summed E-state index contributed by atoms with van der Waals surface area (Å²) in [6.07, 6.45) is 0. The van der Waals surface area contributed by atoms with E-state index in [1.165, 1.54) is 16.3 Å². The zero-order valence-electron chi connectivity index (χ0n) is 16.3. The molecule has 4 rings (SSSR count). The molecule has 0 saturated carbocycles. The highest BCUT2D eigenvalue weighted by Crippen LogP contribution is 2.16.